The van der Waals surface area contributed by atoms with Gasteiger partial charge in [0.05, 0.1) is 19.8 Å². The van der Waals surface area contributed by atoms with Crippen LogP contribution in [0.15, 0.2) is 17.1 Å². The van der Waals surface area contributed by atoms with Crippen molar-refractivity contribution in [3.8, 4) is 11.5 Å². The molecule has 7 nitrogen and oxygen atoms in total. The molecular weight excluding hydrogens is 412 g/mol. The van der Waals surface area contributed by atoms with Gasteiger partial charge in [0, 0.05) is 62.1 Å². The van der Waals surface area contributed by atoms with Crippen molar-refractivity contribution in [2.45, 2.75) is 44.9 Å². The molecule has 31 heavy (non-hydrogen) atoms. The lowest BCUT2D eigenvalue weighted by Gasteiger charge is -2.43. The molecule has 0 aliphatic carbocycles. The molecule has 3 aliphatic rings. The zero-order valence-corrected chi connectivity index (χ0v) is 19.9. The number of hydrogen-bond donors (Lipinski definition) is 2. The Balaban J connectivity index is 1.39. The Morgan fingerprint density at radius 2 is 2.16 bits per heavy atom. The molecule has 2 atom stereocenters. The van der Waals surface area contributed by atoms with Crippen LogP contribution in [0.5, 0.6) is 11.5 Å². The van der Waals surface area contributed by atoms with Gasteiger partial charge in [-0.15, -0.1) is 0 Å². The molecule has 1 aromatic rings. The number of ether oxygens (including phenoxy) is 3. The van der Waals surface area contributed by atoms with E-state index in [-0.39, 0.29) is 11.6 Å². The Hall–Kier alpha value is -1.64. The highest BCUT2D eigenvalue weighted by atomic mass is 32.2. The summed E-state index contributed by atoms with van der Waals surface area (Å²) in [6.45, 7) is 10.00. The first kappa shape index (κ1) is 22.6. The van der Waals surface area contributed by atoms with Crippen LogP contribution in [0.3, 0.4) is 0 Å². The maximum absolute atomic E-state index is 5.96. The smallest absolute Gasteiger partial charge is 0.191 e. The summed E-state index contributed by atoms with van der Waals surface area (Å²) in [6, 6.07) is 4.26. The van der Waals surface area contributed by atoms with E-state index in [0.29, 0.717) is 13.2 Å². The van der Waals surface area contributed by atoms with E-state index in [4.69, 9.17) is 14.2 Å². The molecule has 2 saturated heterocycles. The average Bonchev–Trinajstić information content (AvgIpc) is 3.41. The minimum absolute atomic E-state index is 0.181. The van der Waals surface area contributed by atoms with Crippen LogP contribution >= 0.6 is 11.8 Å². The Labute approximate surface area is 190 Å². The van der Waals surface area contributed by atoms with E-state index in [2.05, 4.69) is 39.6 Å². The van der Waals surface area contributed by atoms with Gasteiger partial charge in [0.1, 0.15) is 17.6 Å². The molecule has 0 radical (unpaired) electrons. The van der Waals surface area contributed by atoms with E-state index >= 15 is 0 Å². The van der Waals surface area contributed by atoms with Gasteiger partial charge in [-0.3, -0.25) is 9.89 Å². The Bertz CT molecular complexity index is 776. The summed E-state index contributed by atoms with van der Waals surface area (Å²) in [5.74, 6) is 5.10. The minimum atomic E-state index is 0.181. The Kier molecular flexibility index (Phi) is 7.51. The van der Waals surface area contributed by atoms with Gasteiger partial charge in [0.25, 0.3) is 0 Å². The third-order valence-electron chi connectivity index (χ3n) is 6.40. The fourth-order valence-electron chi connectivity index (χ4n) is 4.69. The van der Waals surface area contributed by atoms with Crippen LogP contribution in [-0.2, 0) is 17.7 Å². The minimum Gasteiger partial charge on any atom is -0.494 e. The number of aliphatic imine (C=N–C) groups is 1. The lowest BCUT2D eigenvalue weighted by molar-refractivity contribution is -0.0120. The van der Waals surface area contributed by atoms with Gasteiger partial charge in [0.2, 0.25) is 0 Å². The number of morpholine rings is 1. The highest BCUT2D eigenvalue weighted by Crippen LogP contribution is 2.35. The van der Waals surface area contributed by atoms with Gasteiger partial charge in [0.15, 0.2) is 5.96 Å². The van der Waals surface area contributed by atoms with Crippen LogP contribution in [-0.4, -0.2) is 80.5 Å². The molecule has 2 unspecified atom stereocenters. The zero-order valence-electron chi connectivity index (χ0n) is 19.0. The maximum atomic E-state index is 5.96. The lowest BCUT2D eigenvalue weighted by atomic mass is 9.95. The highest BCUT2D eigenvalue weighted by molar-refractivity contribution is 7.99. The number of hydrogen-bond acceptors (Lipinski definition) is 6. The largest absolute Gasteiger partial charge is 0.494 e. The van der Waals surface area contributed by atoms with E-state index in [1.807, 2.05) is 25.7 Å². The van der Waals surface area contributed by atoms with Crippen LogP contribution in [0, 0.1) is 0 Å². The van der Waals surface area contributed by atoms with Gasteiger partial charge < -0.3 is 24.8 Å². The fourth-order valence-corrected chi connectivity index (χ4v) is 6.17. The zero-order chi connectivity index (χ0) is 21.7. The molecule has 0 saturated carbocycles. The van der Waals surface area contributed by atoms with E-state index in [1.165, 1.54) is 17.7 Å². The number of fused-ring (bicyclic) bond motifs is 1. The maximum Gasteiger partial charge on any atom is 0.191 e. The quantitative estimate of drug-likeness (QED) is 0.490. The summed E-state index contributed by atoms with van der Waals surface area (Å²) in [7, 11) is 1.83. The first-order chi connectivity index (χ1) is 15.1. The van der Waals surface area contributed by atoms with E-state index in [1.54, 1.807) is 0 Å². The van der Waals surface area contributed by atoms with Crippen LogP contribution in [0.25, 0.3) is 0 Å². The third-order valence-corrected chi connectivity index (χ3v) is 7.63. The third kappa shape index (κ3) is 5.23. The van der Waals surface area contributed by atoms with Crippen molar-refractivity contribution in [1.82, 2.24) is 15.5 Å². The molecule has 0 spiro atoms. The topological polar surface area (TPSA) is 67.4 Å². The van der Waals surface area contributed by atoms with Crippen molar-refractivity contribution in [2.24, 2.45) is 4.99 Å². The van der Waals surface area contributed by atoms with Crippen LogP contribution in [0.1, 0.15) is 31.4 Å². The number of guanidine groups is 1. The molecule has 2 fully saturated rings. The summed E-state index contributed by atoms with van der Waals surface area (Å²) < 4.78 is 17.5. The molecule has 0 bridgehead atoms. The number of nitrogens with zero attached hydrogens (tertiary/aromatic N) is 2. The molecule has 3 aliphatic heterocycles. The first-order valence-corrected chi connectivity index (χ1v) is 12.6. The fraction of sp³-hybridized carbons (Fsp3) is 0.696. The molecule has 4 rings (SSSR count). The van der Waals surface area contributed by atoms with Gasteiger partial charge >= 0.3 is 0 Å². The molecule has 3 heterocycles. The first-order valence-electron chi connectivity index (χ1n) is 11.4. The molecule has 2 N–H and O–H groups in total. The Morgan fingerprint density at radius 3 is 2.87 bits per heavy atom. The highest BCUT2D eigenvalue weighted by Gasteiger charge is 2.40. The number of nitrogens with one attached hydrogen (secondary N) is 2. The second-order valence-corrected chi connectivity index (χ2v) is 9.64. The molecule has 8 heteroatoms. The number of thioether (sulfide) groups is 1. The molecule has 0 amide bonds. The SMILES string of the molecule is CCOc1cc2c(cc1CNC(=NC)NCC1(N3CCOCC3)CCSC1)OC(C)C2. The monoisotopic (exact) mass is 448 g/mol. The number of rotatable bonds is 7. The summed E-state index contributed by atoms with van der Waals surface area (Å²) in [5, 5.41) is 7.09. The van der Waals surface area contributed by atoms with Gasteiger partial charge in [-0.2, -0.15) is 11.8 Å². The number of benzene rings is 1. The van der Waals surface area contributed by atoms with E-state index in [0.717, 1.165) is 68.0 Å². The van der Waals surface area contributed by atoms with Crippen molar-refractivity contribution in [2.75, 3.05) is 58.0 Å². The van der Waals surface area contributed by atoms with Gasteiger partial charge in [-0.1, -0.05) is 0 Å². The van der Waals surface area contributed by atoms with Crippen molar-refractivity contribution in [3.63, 3.8) is 0 Å². The summed E-state index contributed by atoms with van der Waals surface area (Å²) in [6.07, 6.45) is 2.37. The molecule has 0 aromatic heterocycles. The van der Waals surface area contributed by atoms with Gasteiger partial charge in [-0.25, -0.2) is 0 Å². The summed E-state index contributed by atoms with van der Waals surface area (Å²) in [4.78, 5) is 7.09. The van der Waals surface area contributed by atoms with E-state index < -0.39 is 0 Å². The summed E-state index contributed by atoms with van der Waals surface area (Å²) in [5.41, 5.74) is 2.51. The molecule has 172 valence electrons. The second kappa shape index (κ2) is 10.3. The van der Waals surface area contributed by atoms with E-state index in [9.17, 15) is 0 Å². The molecule has 1 aromatic carbocycles. The van der Waals surface area contributed by atoms with Gasteiger partial charge in [-0.05, 0) is 38.2 Å². The van der Waals surface area contributed by atoms with Crippen LogP contribution < -0.4 is 20.1 Å². The van der Waals surface area contributed by atoms with Crippen molar-refractivity contribution < 1.29 is 14.2 Å². The van der Waals surface area contributed by atoms with Crippen LogP contribution in [0.2, 0.25) is 0 Å². The standard InChI is InChI=1S/C23H36N4O3S/c1-4-29-20-12-18-11-17(2)30-21(18)13-19(20)14-25-22(24-3)26-15-23(5-10-31-16-23)27-6-8-28-9-7-27/h12-13,17H,4-11,14-16H2,1-3H3,(H2,24,25,26). The van der Waals surface area contributed by atoms with Crippen molar-refractivity contribution >= 4 is 17.7 Å². The molecular formula is C23H36N4O3S. The lowest BCUT2D eigenvalue weighted by Crippen LogP contribution is -2.60. The Morgan fingerprint density at radius 1 is 1.32 bits per heavy atom. The van der Waals surface area contributed by atoms with Crippen LogP contribution in [0.4, 0.5) is 0 Å². The summed E-state index contributed by atoms with van der Waals surface area (Å²) >= 11 is 2.05. The second-order valence-electron chi connectivity index (χ2n) is 8.54. The van der Waals surface area contributed by atoms with Crippen molar-refractivity contribution in [1.29, 1.82) is 0 Å². The average molecular weight is 449 g/mol. The normalized spacial score (nSPS) is 26.4. The predicted octanol–water partition coefficient (Wildman–Crippen LogP) is 2.28. The predicted molar refractivity (Wildman–Crippen MR) is 127 cm³/mol. The van der Waals surface area contributed by atoms with Crippen molar-refractivity contribution in [3.05, 3.63) is 23.3 Å².